The normalized spacial score (nSPS) is 10.8. The van der Waals surface area contributed by atoms with E-state index in [2.05, 4.69) is 5.32 Å². The number of nitrogens with one attached hydrogen (secondary N) is 1. The number of hydrogen-bond donors (Lipinski definition) is 1. The number of pyridine rings is 1. The molecule has 0 unspecified atom stereocenters. The number of methoxy groups -OCH3 is 2. The molecule has 0 atom stereocenters. The van der Waals surface area contributed by atoms with Crippen molar-refractivity contribution in [3.05, 3.63) is 100 Å². The Morgan fingerprint density at radius 2 is 1.70 bits per heavy atom. The Kier molecular flexibility index (Phi) is 6.90. The predicted octanol–water partition coefficient (Wildman–Crippen LogP) is 7.33. The summed E-state index contributed by atoms with van der Waals surface area (Å²) < 4.78 is 10.4. The number of thiophene rings is 1. The molecule has 6 nitrogen and oxygen atoms in total. The Labute approximate surface area is 222 Å². The van der Waals surface area contributed by atoms with Gasteiger partial charge in [0.25, 0.3) is 5.91 Å². The van der Waals surface area contributed by atoms with Crippen molar-refractivity contribution in [1.82, 2.24) is 4.98 Å². The Balaban J connectivity index is 1.58. The summed E-state index contributed by atoms with van der Waals surface area (Å²) >= 11 is 7.29. The Hall–Kier alpha value is -4.20. The third-order valence-corrected chi connectivity index (χ3v) is 7.04. The van der Waals surface area contributed by atoms with Gasteiger partial charge < -0.3 is 14.8 Å². The van der Waals surface area contributed by atoms with E-state index in [1.54, 1.807) is 25.3 Å². The third kappa shape index (κ3) is 4.91. The van der Waals surface area contributed by atoms with Crippen LogP contribution < -0.4 is 10.1 Å². The molecule has 8 heteroatoms. The minimum atomic E-state index is -0.543. The molecular weight excluding hydrogens is 508 g/mol. The number of ether oxygens (including phenoxy) is 2. The Morgan fingerprint density at radius 1 is 0.919 bits per heavy atom. The van der Waals surface area contributed by atoms with Crippen LogP contribution in [-0.2, 0) is 4.74 Å². The van der Waals surface area contributed by atoms with Crippen molar-refractivity contribution in [3.63, 3.8) is 0 Å². The molecular formula is C29H21ClN2O4S. The average molecular weight is 529 g/mol. The Morgan fingerprint density at radius 3 is 2.46 bits per heavy atom. The fourth-order valence-electron chi connectivity index (χ4n) is 4.06. The number of carbonyl (C=O) groups excluding carboxylic acids is 2. The summed E-state index contributed by atoms with van der Waals surface area (Å²) in [4.78, 5) is 31.2. The zero-order valence-electron chi connectivity index (χ0n) is 19.9. The quantitative estimate of drug-likeness (QED) is 0.233. The third-order valence-electron chi connectivity index (χ3n) is 5.89. The van der Waals surface area contributed by atoms with Crippen molar-refractivity contribution in [3.8, 4) is 28.1 Å². The summed E-state index contributed by atoms with van der Waals surface area (Å²) in [6.45, 7) is 0. The van der Waals surface area contributed by atoms with Crippen molar-refractivity contribution in [2.24, 2.45) is 0 Å². The number of halogens is 1. The highest BCUT2D eigenvalue weighted by Crippen LogP contribution is 2.37. The first-order chi connectivity index (χ1) is 18.0. The van der Waals surface area contributed by atoms with Crippen LogP contribution in [-0.4, -0.2) is 31.1 Å². The summed E-state index contributed by atoms with van der Waals surface area (Å²) in [7, 11) is 2.91. The summed E-state index contributed by atoms with van der Waals surface area (Å²) in [5, 5.41) is 6.43. The van der Waals surface area contributed by atoms with Crippen LogP contribution in [0.1, 0.15) is 20.7 Å². The van der Waals surface area contributed by atoms with Crippen LogP contribution in [0.4, 0.5) is 5.00 Å². The van der Waals surface area contributed by atoms with Gasteiger partial charge in [0.1, 0.15) is 16.3 Å². The van der Waals surface area contributed by atoms with Crippen LogP contribution in [0.2, 0.25) is 5.02 Å². The van der Waals surface area contributed by atoms with Gasteiger partial charge in [0.05, 0.1) is 31.0 Å². The molecule has 1 amide bonds. The van der Waals surface area contributed by atoms with E-state index in [0.717, 1.165) is 11.1 Å². The van der Waals surface area contributed by atoms with Crippen molar-refractivity contribution < 1.29 is 19.1 Å². The first-order valence-corrected chi connectivity index (χ1v) is 12.6. The smallest absolute Gasteiger partial charge is 0.341 e. The molecule has 0 saturated heterocycles. The maximum absolute atomic E-state index is 13.7. The first-order valence-electron chi connectivity index (χ1n) is 11.3. The highest BCUT2D eigenvalue weighted by molar-refractivity contribution is 7.15. The van der Waals surface area contributed by atoms with Gasteiger partial charge >= 0.3 is 5.97 Å². The zero-order chi connectivity index (χ0) is 25.9. The molecule has 0 fully saturated rings. The van der Waals surface area contributed by atoms with E-state index in [1.165, 1.54) is 18.4 Å². The molecule has 1 N–H and O–H groups in total. The van der Waals surface area contributed by atoms with Crippen LogP contribution in [0.3, 0.4) is 0 Å². The molecule has 5 rings (SSSR count). The van der Waals surface area contributed by atoms with E-state index in [9.17, 15) is 9.59 Å². The lowest BCUT2D eigenvalue weighted by atomic mass is 10.0. The first kappa shape index (κ1) is 24.5. The zero-order valence-corrected chi connectivity index (χ0v) is 21.5. The van der Waals surface area contributed by atoms with Gasteiger partial charge in [0.2, 0.25) is 0 Å². The topological polar surface area (TPSA) is 77.5 Å². The molecule has 0 aliphatic heterocycles. The van der Waals surface area contributed by atoms with E-state index in [0.29, 0.717) is 43.5 Å². The molecule has 0 radical (unpaired) electrons. The minimum Gasteiger partial charge on any atom is -0.497 e. The second-order valence-corrected chi connectivity index (χ2v) is 9.43. The molecule has 37 heavy (non-hydrogen) atoms. The largest absolute Gasteiger partial charge is 0.497 e. The van der Waals surface area contributed by atoms with Gasteiger partial charge in [-0.25, -0.2) is 9.78 Å². The number of esters is 1. The van der Waals surface area contributed by atoms with Crippen molar-refractivity contribution in [2.75, 3.05) is 19.5 Å². The average Bonchev–Trinajstić information content (AvgIpc) is 3.35. The van der Waals surface area contributed by atoms with Gasteiger partial charge in [0.15, 0.2) is 0 Å². The lowest BCUT2D eigenvalue weighted by molar-refractivity contribution is 0.0603. The van der Waals surface area contributed by atoms with Crippen LogP contribution in [0.25, 0.3) is 33.3 Å². The summed E-state index contributed by atoms with van der Waals surface area (Å²) in [5.41, 5.74) is 4.28. The van der Waals surface area contributed by atoms with Crippen molar-refractivity contribution >= 4 is 50.7 Å². The molecule has 5 aromatic rings. The van der Waals surface area contributed by atoms with Gasteiger partial charge in [0, 0.05) is 26.9 Å². The van der Waals surface area contributed by atoms with Gasteiger partial charge in [-0.15, -0.1) is 11.3 Å². The molecule has 0 spiro atoms. The number of para-hydroxylation sites is 1. The number of benzene rings is 3. The molecule has 0 aliphatic carbocycles. The fourth-order valence-corrected chi connectivity index (χ4v) is 5.14. The predicted molar refractivity (Wildman–Crippen MR) is 148 cm³/mol. The SMILES string of the molecule is COC(=O)c1c(-c2ccc(Cl)cc2)csc1NC(=O)c1cc(-c2cccc(OC)c2)nc2ccccc12. The second-order valence-electron chi connectivity index (χ2n) is 8.11. The minimum absolute atomic E-state index is 0.287. The number of carbonyl (C=O) groups is 2. The fraction of sp³-hybridized carbons (Fsp3) is 0.0690. The second kappa shape index (κ2) is 10.4. The van der Waals surface area contributed by atoms with Gasteiger partial charge in [-0.1, -0.05) is 54.1 Å². The molecule has 0 saturated carbocycles. The number of nitrogens with zero attached hydrogens (tertiary/aromatic N) is 1. The molecule has 3 aromatic carbocycles. The maximum Gasteiger partial charge on any atom is 0.341 e. The van der Waals surface area contributed by atoms with Crippen molar-refractivity contribution in [2.45, 2.75) is 0 Å². The van der Waals surface area contributed by atoms with E-state index in [1.807, 2.05) is 66.0 Å². The standard InChI is InChI=1S/C29H21ClN2O4S/c1-35-20-7-5-6-18(14-20)25-15-22(21-8-3-4-9-24(21)31-25)27(33)32-28-26(29(34)36-2)23(16-37-28)17-10-12-19(30)13-11-17/h3-16H,1-2H3,(H,32,33). The number of hydrogen-bond acceptors (Lipinski definition) is 6. The van der Waals surface area contributed by atoms with Crippen LogP contribution >= 0.6 is 22.9 Å². The lowest BCUT2D eigenvalue weighted by Crippen LogP contribution is -2.15. The maximum atomic E-state index is 13.7. The molecule has 184 valence electrons. The summed E-state index contributed by atoms with van der Waals surface area (Å²) in [6.07, 6.45) is 0. The number of rotatable bonds is 6. The van der Waals surface area contributed by atoms with E-state index < -0.39 is 5.97 Å². The summed E-state index contributed by atoms with van der Waals surface area (Å²) in [6, 6.07) is 23.8. The van der Waals surface area contributed by atoms with Crippen molar-refractivity contribution in [1.29, 1.82) is 0 Å². The highest BCUT2D eigenvalue weighted by Gasteiger charge is 2.24. The van der Waals surface area contributed by atoms with E-state index >= 15 is 0 Å². The highest BCUT2D eigenvalue weighted by atomic mass is 35.5. The number of aromatic nitrogens is 1. The monoisotopic (exact) mass is 528 g/mol. The summed E-state index contributed by atoms with van der Waals surface area (Å²) in [5.74, 6) is -0.218. The van der Waals surface area contributed by atoms with Gasteiger partial charge in [-0.2, -0.15) is 0 Å². The van der Waals surface area contributed by atoms with Gasteiger partial charge in [-0.05, 0) is 42.0 Å². The lowest BCUT2D eigenvalue weighted by Gasteiger charge is -2.12. The van der Waals surface area contributed by atoms with E-state index in [4.69, 9.17) is 26.1 Å². The van der Waals surface area contributed by atoms with E-state index in [-0.39, 0.29) is 11.5 Å². The van der Waals surface area contributed by atoms with Crippen LogP contribution in [0, 0.1) is 0 Å². The Bertz CT molecular complexity index is 1630. The molecule has 0 bridgehead atoms. The number of anilines is 1. The van der Waals surface area contributed by atoms with Crippen LogP contribution in [0.5, 0.6) is 5.75 Å². The molecule has 2 heterocycles. The number of fused-ring (bicyclic) bond motifs is 1. The molecule has 2 aromatic heterocycles. The number of amides is 1. The molecule has 0 aliphatic rings. The van der Waals surface area contributed by atoms with Crippen LogP contribution in [0.15, 0.2) is 84.2 Å². The van der Waals surface area contributed by atoms with Gasteiger partial charge in [-0.3, -0.25) is 4.79 Å².